The van der Waals surface area contributed by atoms with E-state index < -0.39 is 71.3 Å². The molecular formula is C56H82Cl4N8O12. The van der Waals surface area contributed by atoms with Crippen LogP contribution < -0.4 is 31.1 Å². The Hall–Kier alpha value is -5.12. The highest BCUT2D eigenvalue weighted by molar-refractivity contribution is 6.19. The summed E-state index contributed by atoms with van der Waals surface area (Å²) in [5.74, 6) is -1.34. The summed E-state index contributed by atoms with van der Waals surface area (Å²) in [6.45, 7) is 12.9. The van der Waals surface area contributed by atoms with Crippen molar-refractivity contribution in [3.63, 3.8) is 0 Å². The fourth-order valence-corrected chi connectivity index (χ4v) is 9.75. The van der Waals surface area contributed by atoms with Gasteiger partial charge >= 0.3 is 24.1 Å². The molecule has 6 amide bonds. The molecule has 2 saturated heterocycles. The number of alkyl halides is 4. The summed E-state index contributed by atoms with van der Waals surface area (Å²) in [5.41, 5.74) is 1.67. The number of imide groups is 2. The van der Waals surface area contributed by atoms with Crippen LogP contribution in [0, 0.1) is 0 Å². The van der Waals surface area contributed by atoms with E-state index in [0.717, 1.165) is 70.8 Å². The lowest BCUT2D eigenvalue weighted by atomic mass is 10.1. The number of halogens is 4. The zero-order valence-corrected chi connectivity index (χ0v) is 50.1. The van der Waals surface area contributed by atoms with Crippen molar-refractivity contribution in [2.75, 3.05) is 98.9 Å². The van der Waals surface area contributed by atoms with Crippen LogP contribution in [0.3, 0.4) is 0 Å². The predicted octanol–water partition coefficient (Wildman–Crippen LogP) is 6.69. The molecule has 4 rings (SSSR count). The largest absolute Gasteiger partial charge is 0.462 e. The smallest absolute Gasteiger partial charge is 0.408 e. The Kier molecular flexibility index (Phi) is 28.9. The second-order valence-corrected chi connectivity index (χ2v) is 23.0. The van der Waals surface area contributed by atoms with E-state index >= 15 is 0 Å². The number of rotatable bonds is 35. The van der Waals surface area contributed by atoms with E-state index in [0.29, 0.717) is 62.8 Å². The molecule has 0 bridgehead atoms. The highest BCUT2D eigenvalue weighted by Gasteiger charge is 2.40. The van der Waals surface area contributed by atoms with E-state index in [1.807, 2.05) is 58.3 Å². The molecule has 446 valence electrons. The normalized spacial score (nSPS) is 16.4. The Morgan fingerprint density at radius 3 is 1.18 bits per heavy atom. The zero-order chi connectivity index (χ0) is 58.8. The third-order valence-electron chi connectivity index (χ3n) is 12.8. The van der Waals surface area contributed by atoms with E-state index in [-0.39, 0.29) is 63.8 Å². The number of ether oxygens (including phenoxy) is 4. The highest BCUT2D eigenvalue weighted by atomic mass is 35.5. The molecule has 0 aliphatic carbocycles. The third-order valence-corrected chi connectivity index (χ3v) is 13.5. The van der Waals surface area contributed by atoms with E-state index in [1.165, 1.54) is 0 Å². The van der Waals surface area contributed by atoms with Gasteiger partial charge in [-0.3, -0.25) is 29.0 Å². The molecule has 2 aromatic rings. The molecule has 2 unspecified atom stereocenters. The molecule has 20 nitrogen and oxygen atoms in total. The van der Waals surface area contributed by atoms with Gasteiger partial charge in [0.2, 0.25) is 23.6 Å². The summed E-state index contributed by atoms with van der Waals surface area (Å²) in [6, 6.07) is 11.3. The number of alkyl carbamates (subject to hydrolysis) is 2. The Morgan fingerprint density at radius 2 is 0.863 bits per heavy atom. The van der Waals surface area contributed by atoms with Gasteiger partial charge in [0.1, 0.15) is 36.5 Å². The quantitative estimate of drug-likeness (QED) is 0.0185. The Balaban J connectivity index is 1.12. The van der Waals surface area contributed by atoms with Crippen molar-refractivity contribution < 1.29 is 57.3 Å². The molecule has 4 atom stereocenters. The number of carbonyl (C=O) groups is 8. The van der Waals surface area contributed by atoms with E-state index in [9.17, 15) is 38.4 Å². The second kappa shape index (κ2) is 34.4. The molecule has 24 heteroatoms. The lowest BCUT2D eigenvalue weighted by Crippen LogP contribution is -2.46. The first-order chi connectivity index (χ1) is 38.1. The number of unbranched alkanes of at least 4 members (excludes halogenated alkanes) is 5. The molecule has 80 heavy (non-hydrogen) atoms. The summed E-state index contributed by atoms with van der Waals surface area (Å²) in [6.07, 6.45) is 3.80. The molecule has 0 aromatic heterocycles. The molecule has 0 radical (unpaired) electrons. The van der Waals surface area contributed by atoms with Crippen LogP contribution in [0.1, 0.15) is 104 Å². The fraction of sp³-hybridized carbons (Fsp3) is 0.643. The molecule has 2 aromatic carbocycles. The standard InChI is InChI=1S/C56H82Cl4N8O12/c1-55(2,3)79-53(75)63-45(35-39-13-17-41(18-14-39)65(27-21-57)28-22-58)51(73)77-33-31-67-47(69)37-43(49(67)71)61-25-11-9-7-8-10-12-26-62-44-38-48(70)68(50(44)72)32-34-78-52(74)46(64-54(76)80-56(4,5)6)36-40-15-19-42(20-16-40)66(29-23-59)30-24-60/h13-20,43-46,61-62H,7-12,21-38H2,1-6H3,(H,63,75)(H,64,76)/t43?,44?,45-,46-/m0/s1. The summed E-state index contributed by atoms with van der Waals surface area (Å²) in [5, 5.41) is 11.6. The number of hydrogen-bond acceptors (Lipinski definition) is 16. The molecule has 2 fully saturated rings. The average molecular weight is 1200 g/mol. The maximum absolute atomic E-state index is 13.4. The van der Waals surface area contributed by atoms with E-state index in [4.69, 9.17) is 65.4 Å². The van der Waals surface area contributed by atoms with Crippen LogP contribution in [0.5, 0.6) is 0 Å². The van der Waals surface area contributed by atoms with E-state index in [2.05, 4.69) is 21.3 Å². The fourth-order valence-electron chi connectivity index (χ4n) is 8.93. The van der Waals surface area contributed by atoms with Gasteiger partial charge in [0, 0.05) is 73.9 Å². The number of likely N-dealkylation sites (tertiary alicyclic amines) is 2. The van der Waals surface area contributed by atoms with Crippen molar-refractivity contribution in [3.8, 4) is 0 Å². The predicted molar refractivity (Wildman–Crippen MR) is 310 cm³/mol. The van der Waals surface area contributed by atoms with Crippen LogP contribution in [0.4, 0.5) is 21.0 Å². The van der Waals surface area contributed by atoms with E-state index in [1.54, 1.807) is 41.5 Å². The number of carbonyl (C=O) groups excluding carboxylic acids is 8. The topological polar surface area (TPSA) is 235 Å². The van der Waals surface area contributed by atoms with Gasteiger partial charge in [-0.1, -0.05) is 49.9 Å². The van der Waals surface area contributed by atoms with Crippen molar-refractivity contribution in [1.82, 2.24) is 31.1 Å². The number of amides is 6. The van der Waals surface area contributed by atoms with Crippen molar-refractivity contribution in [2.45, 2.75) is 141 Å². The van der Waals surface area contributed by atoms with Crippen LogP contribution in [-0.2, 0) is 60.6 Å². The van der Waals surface area contributed by atoms with Gasteiger partial charge in [0.15, 0.2) is 0 Å². The maximum Gasteiger partial charge on any atom is 0.408 e. The number of esters is 2. The van der Waals surface area contributed by atoms with Gasteiger partial charge in [-0.15, -0.1) is 46.4 Å². The van der Waals surface area contributed by atoms with Gasteiger partial charge in [-0.25, -0.2) is 19.2 Å². The van der Waals surface area contributed by atoms with Crippen LogP contribution in [-0.4, -0.2) is 182 Å². The lowest BCUT2D eigenvalue weighted by Gasteiger charge is -2.24. The second-order valence-electron chi connectivity index (χ2n) is 21.5. The molecule has 4 N–H and O–H groups in total. The first-order valence-corrected chi connectivity index (χ1v) is 29.6. The van der Waals surface area contributed by atoms with Crippen molar-refractivity contribution >= 4 is 106 Å². The zero-order valence-electron chi connectivity index (χ0n) is 47.1. The monoisotopic (exact) mass is 1200 g/mol. The van der Waals surface area contributed by atoms with Gasteiger partial charge in [0.05, 0.1) is 38.0 Å². The van der Waals surface area contributed by atoms with Crippen molar-refractivity contribution in [2.24, 2.45) is 0 Å². The molecular weight excluding hydrogens is 1120 g/mol. The summed E-state index contributed by atoms with van der Waals surface area (Å²) in [7, 11) is 0. The highest BCUT2D eigenvalue weighted by Crippen LogP contribution is 2.21. The summed E-state index contributed by atoms with van der Waals surface area (Å²) in [4.78, 5) is 111. The number of hydrogen-bond donors (Lipinski definition) is 4. The lowest BCUT2D eigenvalue weighted by molar-refractivity contribution is -0.149. The van der Waals surface area contributed by atoms with Crippen LogP contribution >= 0.6 is 46.4 Å². The number of nitrogens with one attached hydrogen (secondary N) is 4. The SMILES string of the molecule is CC(C)(C)OC(=O)N[C@@H](Cc1ccc(N(CCCl)CCCl)cc1)C(=O)OCCN1C(=O)CC(NCCCCCCCCNC2CC(=O)N(CCOC(=O)[C@H](Cc3ccc(N(CCCl)CCCl)cc3)NC(=O)OC(C)(C)C)C2=O)C1=O. The Morgan fingerprint density at radius 1 is 0.537 bits per heavy atom. The minimum absolute atomic E-state index is 0.00957. The molecule has 0 saturated carbocycles. The Labute approximate surface area is 491 Å². The average Bonchev–Trinajstić information content (AvgIpc) is 3.82. The third kappa shape index (κ3) is 23.8. The molecule has 2 heterocycles. The van der Waals surface area contributed by atoms with Gasteiger partial charge in [-0.2, -0.15) is 0 Å². The molecule has 2 aliphatic rings. The minimum Gasteiger partial charge on any atom is -0.462 e. The van der Waals surface area contributed by atoms with Crippen LogP contribution in [0.2, 0.25) is 0 Å². The number of anilines is 2. The Bertz CT molecular complexity index is 2150. The number of benzene rings is 2. The number of nitrogens with zero attached hydrogens (tertiary/aromatic N) is 4. The summed E-state index contributed by atoms with van der Waals surface area (Å²) < 4.78 is 21.8. The summed E-state index contributed by atoms with van der Waals surface area (Å²) >= 11 is 23.9. The van der Waals surface area contributed by atoms with Gasteiger partial charge in [0.25, 0.3) is 0 Å². The van der Waals surface area contributed by atoms with Crippen molar-refractivity contribution in [3.05, 3.63) is 59.7 Å². The van der Waals surface area contributed by atoms with Crippen molar-refractivity contribution in [1.29, 1.82) is 0 Å². The minimum atomic E-state index is -1.11. The van der Waals surface area contributed by atoms with Gasteiger partial charge in [-0.05, 0) is 103 Å². The van der Waals surface area contributed by atoms with Crippen LogP contribution in [0.15, 0.2) is 48.5 Å². The van der Waals surface area contributed by atoms with Crippen LogP contribution in [0.25, 0.3) is 0 Å². The first kappa shape index (κ1) is 67.4. The van der Waals surface area contributed by atoms with Gasteiger partial charge < -0.3 is 50.0 Å². The molecule has 0 spiro atoms. The first-order valence-electron chi connectivity index (χ1n) is 27.4. The maximum atomic E-state index is 13.4. The molecule has 2 aliphatic heterocycles.